The standard InChI is InChI=1S/C14H22N4S2/c1-8(2)7-15-13-18-17-12(20-13)10-11(14(4,5)6)16-9(3)19-10/h8H,7H2,1-6H3,(H,15,18). The molecule has 20 heavy (non-hydrogen) atoms. The van der Waals surface area contributed by atoms with Crippen molar-refractivity contribution in [2.75, 3.05) is 11.9 Å². The van der Waals surface area contributed by atoms with Crippen LogP contribution in [0.1, 0.15) is 45.3 Å². The van der Waals surface area contributed by atoms with Gasteiger partial charge >= 0.3 is 0 Å². The lowest BCUT2D eigenvalue weighted by molar-refractivity contribution is 0.573. The first-order chi connectivity index (χ1) is 9.27. The predicted octanol–water partition coefficient (Wildman–Crippen LogP) is 4.34. The van der Waals surface area contributed by atoms with Crippen LogP contribution >= 0.6 is 22.7 Å². The van der Waals surface area contributed by atoms with Crippen molar-refractivity contribution in [3.05, 3.63) is 10.7 Å². The molecule has 0 aliphatic carbocycles. The van der Waals surface area contributed by atoms with Crippen LogP contribution < -0.4 is 5.32 Å². The molecule has 2 aromatic heterocycles. The summed E-state index contributed by atoms with van der Waals surface area (Å²) in [5, 5.41) is 14.8. The van der Waals surface area contributed by atoms with E-state index in [4.69, 9.17) is 0 Å². The Bertz CT molecular complexity index is 578. The van der Waals surface area contributed by atoms with Crippen LogP contribution in [0, 0.1) is 12.8 Å². The van der Waals surface area contributed by atoms with Crippen molar-refractivity contribution in [2.24, 2.45) is 5.92 Å². The van der Waals surface area contributed by atoms with Gasteiger partial charge in [-0.1, -0.05) is 46.0 Å². The maximum absolute atomic E-state index is 4.68. The molecule has 0 fully saturated rings. The Morgan fingerprint density at radius 3 is 2.45 bits per heavy atom. The number of nitrogens with zero attached hydrogens (tertiary/aromatic N) is 3. The van der Waals surface area contributed by atoms with Crippen LogP contribution in [0.4, 0.5) is 5.13 Å². The number of rotatable bonds is 4. The first-order valence-electron chi connectivity index (χ1n) is 6.83. The molecule has 0 bridgehead atoms. The van der Waals surface area contributed by atoms with Gasteiger partial charge in [0, 0.05) is 12.0 Å². The number of nitrogens with one attached hydrogen (secondary N) is 1. The van der Waals surface area contributed by atoms with E-state index in [2.05, 4.69) is 55.1 Å². The van der Waals surface area contributed by atoms with Crippen LogP contribution in [0.5, 0.6) is 0 Å². The Morgan fingerprint density at radius 1 is 1.15 bits per heavy atom. The fraction of sp³-hybridized carbons (Fsp3) is 0.643. The molecule has 4 nitrogen and oxygen atoms in total. The summed E-state index contributed by atoms with van der Waals surface area (Å²) in [5.41, 5.74) is 1.14. The normalized spacial score (nSPS) is 12.2. The molecule has 2 rings (SSSR count). The lowest BCUT2D eigenvalue weighted by Crippen LogP contribution is -2.12. The van der Waals surface area contributed by atoms with E-state index in [0.717, 1.165) is 32.3 Å². The third-order valence-electron chi connectivity index (χ3n) is 2.73. The van der Waals surface area contributed by atoms with Gasteiger partial charge in [-0.25, -0.2) is 4.98 Å². The van der Waals surface area contributed by atoms with Gasteiger partial charge < -0.3 is 5.32 Å². The topological polar surface area (TPSA) is 50.7 Å². The Kier molecular flexibility index (Phi) is 4.44. The average Bonchev–Trinajstić information content (AvgIpc) is 2.91. The van der Waals surface area contributed by atoms with Crippen LogP contribution in [0.25, 0.3) is 9.88 Å². The highest BCUT2D eigenvalue weighted by atomic mass is 32.1. The van der Waals surface area contributed by atoms with Crippen LogP contribution in [-0.4, -0.2) is 21.7 Å². The van der Waals surface area contributed by atoms with E-state index in [-0.39, 0.29) is 5.41 Å². The quantitative estimate of drug-likeness (QED) is 0.913. The van der Waals surface area contributed by atoms with Crippen molar-refractivity contribution in [3.63, 3.8) is 0 Å². The van der Waals surface area contributed by atoms with Crippen LogP contribution in [-0.2, 0) is 5.41 Å². The number of aromatic nitrogens is 3. The van der Waals surface area contributed by atoms with E-state index in [9.17, 15) is 0 Å². The van der Waals surface area contributed by atoms with Crippen molar-refractivity contribution < 1.29 is 0 Å². The molecule has 0 spiro atoms. The molecule has 1 N–H and O–H groups in total. The summed E-state index contributed by atoms with van der Waals surface area (Å²) in [7, 11) is 0. The zero-order chi connectivity index (χ0) is 14.9. The molecule has 0 unspecified atom stereocenters. The molecule has 0 aromatic carbocycles. The van der Waals surface area contributed by atoms with Gasteiger partial charge in [0.15, 0.2) is 5.01 Å². The summed E-state index contributed by atoms with van der Waals surface area (Å²) in [6.07, 6.45) is 0. The molecule has 6 heteroatoms. The summed E-state index contributed by atoms with van der Waals surface area (Å²) in [4.78, 5) is 5.84. The van der Waals surface area contributed by atoms with Crippen molar-refractivity contribution in [3.8, 4) is 9.88 Å². The Morgan fingerprint density at radius 2 is 1.85 bits per heavy atom. The minimum absolute atomic E-state index is 0.0251. The average molecular weight is 310 g/mol. The lowest BCUT2D eigenvalue weighted by Gasteiger charge is -2.16. The molecule has 0 aliphatic heterocycles. The van der Waals surface area contributed by atoms with E-state index in [1.165, 1.54) is 0 Å². The molecule has 2 heterocycles. The van der Waals surface area contributed by atoms with Gasteiger partial charge in [0.05, 0.1) is 15.6 Å². The molecule has 0 amide bonds. The van der Waals surface area contributed by atoms with Crippen LogP contribution in [0.2, 0.25) is 0 Å². The van der Waals surface area contributed by atoms with Gasteiger partial charge in [-0.3, -0.25) is 0 Å². The van der Waals surface area contributed by atoms with E-state index in [1.807, 2.05) is 6.92 Å². The Balaban J connectivity index is 2.28. The van der Waals surface area contributed by atoms with E-state index in [0.29, 0.717) is 5.92 Å². The number of aryl methyl sites for hydroxylation is 1. The molecular formula is C14H22N4S2. The Hall–Kier alpha value is -1.01. The largest absolute Gasteiger partial charge is 0.360 e. The van der Waals surface area contributed by atoms with E-state index in [1.54, 1.807) is 22.7 Å². The smallest absolute Gasteiger partial charge is 0.206 e. The highest BCUT2D eigenvalue weighted by molar-refractivity contribution is 7.23. The monoisotopic (exact) mass is 310 g/mol. The van der Waals surface area contributed by atoms with Gasteiger partial charge in [-0.05, 0) is 12.8 Å². The highest BCUT2D eigenvalue weighted by Gasteiger charge is 2.25. The molecule has 110 valence electrons. The van der Waals surface area contributed by atoms with Crippen molar-refractivity contribution in [1.29, 1.82) is 0 Å². The highest BCUT2D eigenvalue weighted by Crippen LogP contribution is 2.39. The van der Waals surface area contributed by atoms with Gasteiger partial charge in [-0.15, -0.1) is 21.5 Å². The Labute approximate surface area is 128 Å². The van der Waals surface area contributed by atoms with Gasteiger partial charge in [0.25, 0.3) is 0 Å². The first-order valence-corrected chi connectivity index (χ1v) is 8.46. The predicted molar refractivity (Wildman–Crippen MR) is 87.8 cm³/mol. The first kappa shape index (κ1) is 15.4. The molecule has 0 saturated heterocycles. The summed E-state index contributed by atoms with van der Waals surface area (Å²) >= 11 is 3.31. The SMILES string of the molecule is Cc1nc(C(C)(C)C)c(-c2nnc(NCC(C)C)s2)s1. The van der Waals surface area contributed by atoms with Gasteiger partial charge in [0.1, 0.15) is 0 Å². The summed E-state index contributed by atoms with van der Waals surface area (Å²) in [6.45, 7) is 13.9. The number of anilines is 1. The van der Waals surface area contributed by atoms with E-state index < -0.39 is 0 Å². The maximum atomic E-state index is 4.68. The number of hydrogen-bond donors (Lipinski definition) is 1. The minimum atomic E-state index is 0.0251. The molecular weight excluding hydrogens is 288 g/mol. The molecule has 0 atom stereocenters. The number of hydrogen-bond acceptors (Lipinski definition) is 6. The number of thiazole rings is 1. The van der Waals surface area contributed by atoms with Gasteiger partial charge in [0.2, 0.25) is 5.13 Å². The molecule has 0 radical (unpaired) electrons. The fourth-order valence-corrected chi connectivity index (χ4v) is 3.71. The lowest BCUT2D eigenvalue weighted by atomic mass is 9.91. The zero-order valence-electron chi connectivity index (χ0n) is 12.9. The van der Waals surface area contributed by atoms with Crippen molar-refractivity contribution in [1.82, 2.24) is 15.2 Å². The third kappa shape index (κ3) is 3.55. The second kappa shape index (κ2) is 5.77. The van der Waals surface area contributed by atoms with Crippen molar-refractivity contribution in [2.45, 2.75) is 47.0 Å². The second-order valence-electron chi connectivity index (χ2n) is 6.35. The molecule has 0 aliphatic rings. The third-order valence-corrected chi connectivity index (χ3v) is 4.73. The van der Waals surface area contributed by atoms with E-state index >= 15 is 0 Å². The maximum Gasteiger partial charge on any atom is 0.206 e. The minimum Gasteiger partial charge on any atom is -0.360 e. The van der Waals surface area contributed by atoms with Crippen molar-refractivity contribution >= 4 is 27.8 Å². The van der Waals surface area contributed by atoms with Gasteiger partial charge in [-0.2, -0.15) is 0 Å². The zero-order valence-corrected chi connectivity index (χ0v) is 14.6. The summed E-state index contributed by atoms with van der Waals surface area (Å²) in [5.74, 6) is 0.595. The van der Waals surface area contributed by atoms with Crippen LogP contribution in [0.15, 0.2) is 0 Å². The molecule has 0 saturated carbocycles. The summed E-state index contributed by atoms with van der Waals surface area (Å²) < 4.78 is 0. The second-order valence-corrected chi connectivity index (χ2v) is 8.53. The fourth-order valence-electron chi connectivity index (χ4n) is 1.76. The summed E-state index contributed by atoms with van der Waals surface area (Å²) in [6, 6.07) is 0. The molecule has 2 aromatic rings. The van der Waals surface area contributed by atoms with Crippen LogP contribution in [0.3, 0.4) is 0 Å².